The molecule has 0 saturated carbocycles. The van der Waals surface area contributed by atoms with Gasteiger partial charge in [-0.05, 0) is 37.1 Å². The van der Waals surface area contributed by atoms with E-state index >= 15 is 0 Å². The third-order valence-electron chi connectivity index (χ3n) is 6.14. The SMILES string of the molecule is Cc1sc2nc(CCC(=O)NCc3cccc(NC(=O)CCN4CCOCC4)c3)[nH]c(=O)c2c1C. The van der Waals surface area contributed by atoms with Crippen LogP contribution in [0.2, 0.25) is 0 Å². The smallest absolute Gasteiger partial charge is 0.259 e. The molecule has 0 bridgehead atoms. The van der Waals surface area contributed by atoms with Crippen molar-refractivity contribution in [2.24, 2.45) is 0 Å². The van der Waals surface area contributed by atoms with Crippen LogP contribution >= 0.6 is 11.3 Å². The number of nitrogens with one attached hydrogen (secondary N) is 3. The van der Waals surface area contributed by atoms with Crippen molar-refractivity contribution in [3.63, 3.8) is 0 Å². The molecular formula is C25H31N5O4S. The van der Waals surface area contributed by atoms with Crippen molar-refractivity contribution in [1.82, 2.24) is 20.2 Å². The Kier molecular flexibility index (Phi) is 8.27. The number of rotatable bonds is 9. The minimum Gasteiger partial charge on any atom is -0.379 e. The molecule has 0 unspecified atom stereocenters. The number of carbonyl (C=O) groups is 2. The van der Waals surface area contributed by atoms with Gasteiger partial charge in [-0.2, -0.15) is 0 Å². The molecule has 10 heteroatoms. The number of hydrogen-bond donors (Lipinski definition) is 3. The van der Waals surface area contributed by atoms with Gasteiger partial charge in [-0.25, -0.2) is 4.98 Å². The van der Waals surface area contributed by atoms with Gasteiger partial charge in [-0.1, -0.05) is 12.1 Å². The molecular weight excluding hydrogens is 466 g/mol. The number of thiophene rings is 1. The number of aromatic amines is 1. The molecule has 3 aromatic rings. The molecule has 4 rings (SSSR count). The van der Waals surface area contributed by atoms with E-state index in [-0.39, 0.29) is 23.8 Å². The monoisotopic (exact) mass is 497 g/mol. The highest BCUT2D eigenvalue weighted by molar-refractivity contribution is 7.18. The van der Waals surface area contributed by atoms with E-state index in [1.54, 1.807) is 0 Å². The number of aryl methyl sites for hydroxylation is 3. The number of aromatic nitrogens is 2. The molecule has 3 heterocycles. The van der Waals surface area contributed by atoms with Crippen molar-refractivity contribution in [2.45, 2.75) is 39.7 Å². The summed E-state index contributed by atoms with van der Waals surface area (Å²) in [4.78, 5) is 48.4. The zero-order chi connectivity index (χ0) is 24.8. The van der Waals surface area contributed by atoms with Crippen LogP contribution in [0.3, 0.4) is 0 Å². The number of morpholine rings is 1. The Balaban J connectivity index is 1.24. The summed E-state index contributed by atoms with van der Waals surface area (Å²) in [6, 6.07) is 7.46. The maximum atomic E-state index is 12.4. The molecule has 0 spiro atoms. The Morgan fingerprint density at radius 2 is 1.97 bits per heavy atom. The van der Waals surface area contributed by atoms with E-state index in [1.807, 2.05) is 38.1 Å². The first-order valence-electron chi connectivity index (χ1n) is 11.8. The first-order valence-corrected chi connectivity index (χ1v) is 12.6. The number of anilines is 1. The molecule has 3 N–H and O–H groups in total. The minimum atomic E-state index is -0.156. The first-order chi connectivity index (χ1) is 16.9. The van der Waals surface area contributed by atoms with Crippen molar-refractivity contribution < 1.29 is 14.3 Å². The van der Waals surface area contributed by atoms with E-state index < -0.39 is 0 Å². The van der Waals surface area contributed by atoms with Gasteiger partial charge in [0.05, 0.1) is 18.6 Å². The Morgan fingerprint density at radius 3 is 2.77 bits per heavy atom. The molecule has 0 aliphatic carbocycles. The number of nitrogens with zero attached hydrogens (tertiary/aromatic N) is 2. The standard InChI is InChI=1S/C25H31N5O4S/c1-16-17(2)35-25-23(16)24(33)28-20(29-25)6-7-21(31)26-15-18-4-3-5-19(14-18)27-22(32)8-9-30-10-12-34-13-11-30/h3-5,14H,6-13,15H2,1-2H3,(H,26,31)(H,27,32)(H,28,29,33). The average molecular weight is 498 g/mol. The molecule has 1 fully saturated rings. The fraction of sp³-hybridized carbons (Fsp3) is 0.440. The number of hydrogen-bond acceptors (Lipinski definition) is 7. The number of benzene rings is 1. The van der Waals surface area contributed by atoms with E-state index in [9.17, 15) is 14.4 Å². The summed E-state index contributed by atoms with van der Waals surface area (Å²) < 4.78 is 5.33. The molecule has 1 saturated heterocycles. The van der Waals surface area contributed by atoms with Gasteiger partial charge in [0.2, 0.25) is 11.8 Å². The summed E-state index contributed by atoms with van der Waals surface area (Å²) in [7, 11) is 0. The van der Waals surface area contributed by atoms with Gasteiger partial charge in [-0.15, -0.1) is 11.3 Å². The molecule has 0 atom stereocenters. The summed E-state index contributed by atoms with van der Waals surface area (Å²) in [5, 5.41) is 6.46. The summed E-state index contributed by atoms with van der Waals surface area (Å²) >= 11 is 1.50. The van der Waals surface area contributed by atoms with Gasteiger partial charge in [0.1, 0.15) is 10.7 Å². The average Bonchev–Trinajstić information content (AvgIpc) is 3.14. The molecule has 0 radical (unpaired) electrons. The van der Waals surface area contributed by atoms with Crippen molar-refractivity contribution >= 4 is 39.1 Å². The quantitative estimate of drug-likeness (QED) is 0.418. The third kappa shape index (κ3) is 6.74. The number of carbonyl (C=O) groups excluding carboxylic acids is 2. The van der Waals surface area contributed by atoms with Gasteiger partial charge < -0.3 is 20.4 Å². The van der Waals surface area contributed by atoms with Crippen molar-refractivity contribution in [3.8, 4) is 0 Å². The summed E-state index contributed by atoms with van der Waals surface area (Å²) in [5.41, 5.74) is 2.40. The topological polar surface area (TPSA) is 116 Å². The maximum absolute atomic E-state index is 12.4. The number of ether oxygens (including phenoxy) is 1. The summed E-state index contributed by atoms with van der Waals surface area (Å²) in [6.07, 6.45) is 0.996. The highest BCUT2D eigenvalue weighted by atomic mass is 32.1. The fourth-order valence-electron chi connectivity index (χ4n) is 4.01. The van der Waals surface area contributed by atoms with Crippen LogP contribution in [0.15, 0.2) is 29.1 Å². The van der Waals surface area contributed by atoms with Gasteiger partial charge >= 0.3 is 0 Å². The van der Waals surface area contributed by atoms with Crippen molar-refractivity contribution in [2.75, 3.05) is 38.2 Å². The van der Waals surface area contributed by atoms with Crippen LogP contribution in [0.1, 0.15) is 34.7 Å². The van der Waals surface area contributed by atoms with E-state index in [0.29, 0.717) is 60.9 Å². The number of fused-ring (bicyclic) bond motifs is 1. The second-order valence-corrected chi connectivity index (χ2v) is 9.91. The molecule has 1 aliphatic rings. The van der Waals surface area contributed by atoms with E-state index in [1.165, 1.54) is 11.3 Å². The van der Waals surface area contributed by atoms with Crippen molar-refractivity contribution in [1.29, 1.82) is 0 Å². The molecule has 1 aromatic carbocycles. The zero-order valence-corrected chi connectivity index (χ0v) is 20.9. The maximum Gasteiger partial charge on any atom is 0.259 e. The van der Waals surface area contributed by atoms with E-state index in [0.717, 1.165) is 29.1 Å². The van der Waals surface area contributed by atoms with Gasteiger partial charge in [0.25, 0.3) is 5.56 Å². The predicted molar refractivity (Wildman–Crippen MR) is 137 cm³/mol. The molecule has 1 aliphatic heterocycles. The van der Waals surface area contributed by atoms with Crippen LogP contribution in [0.4, 0.5) is 5.69 Å². The summed E-state index contributed by atoms with van der Waals surface area (Å²) in [6.45, 7) is 8.10. The largest absolute Gasteiger partial charge is 0.379 e. The fourth-order valence-corrected chi connectivity index (χ4v) is 5.05. The predicted octanol–water partition coefficient (Wildman–Crippen LogP) is 2.51. The molecule has 2 amide bonds. The van der Waals surface area contributed by atoms with Crippen molar-refractivity contribution in [3.05, 3.63) is 56.4 Å². The van der Waals surface area contributed by atoms with E-state index in [2.05, 4.69) is 25.5 Å². The first kappa shape index (κ1) is 25.0. The molecule has 2 aromatic heterocycles. The molecule has 186 valence electrons. The van der Waals surface area contributed by atoms with Crippen LogP contribution in [0.5, 0.6) is 0 Å². The van der Waals surface area contributed by atoms with Crippen LogP contribution < -0.4 is 16.2 Å². The highest BCUT2D eigenvalue weighted by Gasteiger charge is 2.14. The second kappa shape index (κ2) is 11.6. The van der Waals surface area contributed by atoms with Gasteiger partial charge in [0.15, 0.2) is 0 Å². The molecule has 35 heavy (non-hydrogen) atoms. The summed E-state index contributed by atoms with van der Waals surface area (Å²) in [5.74, 6) is 0.346. The lowest BCUT2D eigenvalue weighted by Gasteiger charge is -2.26. The zero-order valence-electron chi connectivity index (χ0n) is 20.1. The Morgan fingerprint density at radius 1 is 1.17 bits per heavy atom. The van der Waals surface area contributed by atoms with Crippen LogP contribution in [-0.4, -0.2) is 59.5 Å². The third-order valence-corrected chi connectivity index (χ3v) is 7.24. The lowest BCUT2D eigenvalue weighted by molar-refractivity contribution is -0.121. The lowest BCUT2D eigenvalue weighted by atomic mass is 10.2. The van der Waals surface area contributed by atoms with E-state index in [4.69, 9.17) is 4.74 Å². The van der Waals surface area contributed by atoms with Crippen LogP contribution in [0.25, 0.3) is 10.2 Å². The Labute approximate surface area is 207 Å². The normalized spacial score (nSPS) is 14.2. The minimum absolute atomic E-state index is 0.0349. The highest BCUT2D eigenvalue weighted by Crippen LogP contribution is 2.25. The lowest BCUT2D eigenvalue weighted by Crippen LogP contribution is -2.38. The van der Waals surface area contributed by atoms with Gasteiger partial charge in [0, 0.05) is 56.0 Å². The Bertz CT molecular complexity index is 1260. The van der Waals surface area contributed by atoms with Crippen LogP contribution in [0, 0.1) is 13.8 Å². The molecule has 9 nitrogen and oxygen atoms in total. The van der Waals surface area contributed by atoms with Crippen LogP contribution in [-0.2, 0) is 27.3 Å². The Hall–Kier alpha value is -3.08. The second-order valence-electron chi connectivity index (χ2n) is 8.71. The van der Waals surface area contributed by atoms with Gasteiger partial charge in [-0.3, -0.25) is 19.3 Å². The number of H-pyrrole nitrogens is 1. The number of amides is 2.